The van der Waals surface area contributed by atoms with E-state index < -0.39 is 0 Å². The van der Waals surface area contributed by atoms with E-state index in [1.807, 2.05) is 12.1 Å². The average Bonchev–Trinajstić information content (AvgIpc) is 2.86. The predicted octanol–water partition coefficient (Wildman–Crippen LogP) is 1.48. The van der Waals surface area contributed by atoms with Gasteiger partial charge in [-0.1, -0.05) is 18.2 Å². The van der Waals surface area contributed by atoms with E-state index in [2.05, 4.69) is 15.1 Å². The second-order valence-electron chi connectivity index (χ2n) is 6.98. The zero-order valence-electron chi connectivity index (χ0n) is 14.9. The molecule has 5 nitrogen and oxygen atoms in total. The molecular weight excluding hydrogens is 321 g/mol. The molecule has 1 N–H and O–H groups in total. The number of carbonyl (C=O) groups excluding carboxylic acids is 1. The number of rotatable bonds is 4. The first kappa shape index (κ1) is 18.3. The number of hydrogen-bond acceptors (Lipinski definition) is 4. The number of halogens is 1. The van der Waals surface area contributed by atoms with Gasteiger partial charge in [0.2, 0.25) is 5.91 Å². The van der Waals surface area contributed by atoms with E-state index in [4.69, 9.17) is 4.74 Å². The van der Waals surface area contributed by atoms with Crippen LogP contribution >= 0.6 is 0 Å². The van der Waals surface area contributed by atoms with Crippen molar-refractivity contribution >= 4 is 5.91 Å². The van der Waals surface area contributed by atoms with Crippen LogP contribution in [0.5, 0.6) is 0 Å². The number of hydrogen-bond donors (Lipinski definition) is 1. The third-order valence-corrected chi connectivity index (χ3v) is 5.31. The van der Waals surface area contributed by atoms with Crippen molar-refractivity contribution in [2.45, 2.75) is 25.4 Å². The number of benzene rings is 1. The second kappa shape index (κ2) is 8.74. The summed E-state index contributed by atoms with van der Waals surface area (Å²) >= 11 is 0. The first-order chi connectivity index (χ1) is 12.2. The Balaban J connectivity index is 1.70. The van der Waals surface area contributed by atoms with Crippen LogP contribution in [0.3, 0.4) is 0 Å². The molecule has 1 atom stereocenters. The molecule has 2 heterocycles. The van der Waals surface area contributed by atoms with Crippen LogP contribution in [-0.4, -0.2) is 68.2 Å². The van der Waals surface area contributed by atoms with Crippen LogP contribution in [0.1, 0.15) is 18.4 Å². The molecule has 0 bridgehead atoms. The highest BCUT2D eigenvalue weighted by atomic mass is 19.1. The Bertz CT molecular complexity index is 578. The minimum atomic E-state index is -0.176. The molecule has 0 spiro atoms. The van der Waals surface area contributed by atoms with Gasteiger partial charge < -0.3 is 10.1 Å². The average molecular weight is 349 g/mol. The summed E-state index contributed by atoms with van der Waals surface area (Å²) in [6.45, 7) is 5.31. The van der Waals surface area contributed by atoms with Crippen molar-refractivity contribution in [3.05, 3.63) is 35.6 Å². The van der Waals surface area contributed by atoms with Gasteiger partial charge >= 0.3 is 0 Å². The lowest BCUT2D eigenvalue weighted by molar-refractivity contribution is -0.125. The summed E-state index contributed by atoms with van der Waals surface area (Å²) in [4.78, 5) is 17.0. The van der Waals surface area contributed by atoms with Gasteiger partial charge in [-0.25, -0.2) is 4.39 Å². The molecule has 2 saturated heterocycles. The van der Waals surface area contributed by atoms with Crippen LogP contribution in [0.15, 0.2) is 24.3 Å². The van der Waals surface area contributed by atoms with E-state index in [-0.39, 0.29) is 17.6 Å². The maximum absolute atomic E-state index is 14.0. The Morgan fingerprint density at radius 1 is 1.24 bits per heavy atom. The zero-order valence-corrected chi connectivity index (χ0v) is 14.9. The van der Waals surface area contributed by atoms with Gasteiger partial charge in [0.15, 0.2) is 0 Å². The molecule has 2 aliphatic heterocycles. The van der Waals surface area contributed by atoms with E-state index >= 15 is 0 Å². The molecule has 0 saturated carbocycles. The van der Waals surface area contributed by atoms with Gasteiger partial charge in [0.25, 0.3) is 0 Å². The molecule has 2 aliphatic rings. The summed E-state index contributed by atoms with van der Waals surface area (Å²) in [6, 6.07) is 7.38. The van der Waals surface area contributed by atoms with E-state index in [1.165, 1.54) is 6.07 Å². The topological polar surface area (TPSA) is 44.8 Å². The highest BCUT2D eigenvalue weighted by Crippen LogP contribution is 2.21. The summed E-state index contributed by atoms with van der Waals surface area (Å²) in [6.07, 6.45) is 2.04. The summed E-state index contributed by atoms with van der Waals surface area (Å²) < 4.78 is 19.5. The Labute approximate surface area is 149 Å². The summed E-state index contributed by atoms with van der Waals surface area (Å²) in [5.41, 5.74) is 0.692. The van der Waals surface area contributed by atoms with E-state index in [0.717, 1.165) is 45.7 Å². The normalized spacial score (nSPS) is 24.0. The number of nitrogens with zero attached hydrogens (tertiary/aromatic N) is 2. The standard InChI is InChI=1S/C19H28FN3O2/c1-21-19(24)16-13-22(12-15-4-2-3-5-18(15)20)8-9-23(14-16)17-6-10-25-11-7-17/h2-5,16-17H,6-14H2,1H3,(H,21,24). The summed E-state index contributed by atoms with van der Waals surface area (Å²) in [7, 11) is 1.69. The van der Waals surface area contributed by atoms with Crippen LogP contribution in [0.25, 0.3) is 0 Å². The van der Waals surface area contributed by atoms with Crippen LogP contribution < -0.4 is 5.32 Å². The first-order valence-corrected chi connectivity index (χ1v) is 9.16. The molecule has 0 radical (unpaired) electrons. The highest BCUT2D eigenvalue weighted by Gasteiger charge is 2.31. The molecule has 1 amide bonds. The molecule has 0 aromatic heterocycles. The van der Waals surface area contributed by atoms with Crippen molar-refractivity contribution < 1.29 is 13.9 Å². The van der Waals surface area contributed by atoms with Gasteiger partial charge in [-0.3, -0.25) is 14.6 Å². The van der Waals surface area contributed by atoms with Crippen molar-refractivity contribution in [3.63, 3.8) is 0 Å². The number of nitrogens with one attached hydrogen (secondary N) is 1. The molecule has 1 unspecified atom stereocenters. The van der Waals surface area contributed by atoms with Gasteiger partial charge in [-0.05, 0) is 18.9 Å². The quantitative estimate of drug-likeness (QED) is 0.894. The van der Waals surface area contributed by atoms with E-state index in [1.54, 1.807) is 13.1 Å². The monoisotopic (exact) mass is 349 g/mol. The smallest absolute Gasteiger partial charge is 0.225 e. The Hall–Kier alpha value is -1.50. The molecule has 25 heavy (non-hydrogen) atoms. The number of ether oxygens (including phenoxy) is 1. The summed E-state index contributed by atoms with van der Waals surface area (Å²) in [5.74, 6) is -0.205. The maximum atomic E-state index is 14.0. The lowest BCUT2D eigenvalue weighted by atomic mass is 10.0. The van der Waals surface area contributed by atoms with Crippen LogP contribution in [0.4, 0.5) is 4.39 Å². The van der Waals surface area contributed by atoms with Gasteiger partial charge in [0, 0.05) is 64.6 Å². The van der Waals surface area contributed by atoms with E-state index in [0.29, 0.717) is 24.7 Å². The molecule has 138 valence electrons. The van der Waals surface area contributed by atoms with Crippen LogP contribution in [0.2, 0.25) is 0 Å². The fourth-order valence-corrected chi connectivity index (χ4v) is 3.87. The lowest BCUT2D eigenvalue weighted by Gasteiger charge is -2.34. The number of carbonyl (C=O) groups is 1. The van der Waals surface area contributed by atoms with Crippen LogP contribution in [0, 0.1) is 11.7 Å². The van der Waals surface area contributed by atoms with Crippen molar-refractivity contribution in [2.24, 2.45) is 5.92 Å². The van der Waals surface area contributed by atoms with Crippen molar-refractivity contribution in [1.82, 2.24) is 15.1 Å². The first-order valence-electron chi connectivity index (χ1n) is 9.16. The fraction of sp³-hybridized carbons (Fsp3) is 0.632. The molecule has 3 rings (SSSR count). The van der Waals surface area contributed by atoms with Crippen molar-refractivity contribution in [1.29, 1.82) is 0 Å². The molecular formula is C19H28FN3O2. The molecule has 6 heteroatoms. The molecule has 1 aromatic rings. The van der Waals surface area contributed by atoms with E-state index in [9.17, 15) is 9.18 Å². The third kappa shape index (κ3) is 4.77. The number of amides is 1. The molecule has 1 aromatic carbocycles. The van der Waals surface area contributed by atoms with Crippen molar-refractivity contribution in [2.75, 3.05) is 46.4 Å². The Kier molecular flexibility index (Phi) is 6.39. The largest absolute Gasteiger partial charge is 0.381 e. The van der Waals surface area contributed by atoms with Crippen LogP contribution in [-0.2, 0) is 16.1 Å². The van der Waals surface area contributed by atoms with Crippen molar-refractivity contribution in [3.8, 4) is 0 Å². The minimum absolute atomic E-state index is 0.0671. The SMILES string of the molecule is CNC(=O)C1CN(Cc2ccccc2F)CCN(C2CCOCC2)C1. The Morgan fingerprint density at radius 3 is 2.72 bits per heavy atom. The fourth-order valence-electron chi connectivity index (χ4n) is 3.87. The molecule has 2 fully saturated rings. The van der Waals surface area contributed by atoms with Gasteiger partial charge in [-0.2, -0.15) is 0 Å². The highest BCUT2D eigenvalue weighted by molar-refractivity contribution is 5.78. The minimum Gasteiger partial charge on any atom is -0.381 e. The third-order valence-electron chi connectivity index (χ3n) is 5.31. The molecule has 0 aliphatic carbocycles. The zero-order chi connectivity index (χ0) is 17.6. The van der Waals surface area contributed by atoms with Gasteiger partial charge in [0.1, 0.15) is 5.82 Å². The van der Waals surface area contributed by atoms with Gasteiger partial charge in [-0.15, -0.1) is 0 Å². The second-order valence-corrected chi connectivity index (χ2v) is 6.98. The summed E-state index contributed by atoms with van der Waals surface area (Å²) in [5, 5.41) is 2.79. The maximum Gasteiger partial charge on any atom is 0.225 e. The lowest BCUT2D eigenvalue weighted by Crippen LogP contribution is -2.45. The Morgan fingerprint density at radius 2 is 2.00 bits per heavy atom. The predicted molar refractivity (Wildman–Crippen MR) is 94.6 cm³/mol. The van der Waals surface area contributed by atoms with Gasteiger partial charge in [0.05, 0.1) is 5.92 Å².